The Hall–Kier alpha value is -1.03. The lowest BCUT2D eigenvalue weighted by Gasteiger charge is -2.34. The van der Waals surface area contributed by atoms with Crippen LogP contribution in [0.3, 0.4) is 0 Å². The van der Waals surface area contributed by atoms with Crippen molar-refractivity contribution < 1.29 is 0 Å². The molecule has 0 radical (unpaired) electrons. The fourth-order valence-electron chi connectivity index (χ4n) is 2.75. The lowest BCUT2D eigenvalue weighted by Crippen LogP contribution is -2.36. The Balaban J connectivity index is 2.09. The van der Waals surface area contributed by atoms with Gasteiger partial charge in [0, 0.05) is 13.1 Å². The van der Waals surface area contributed by atoms with E-state index in [-0.39, 0.29) is 0 Å². The van der Waals surface area contributed by atoms with Gasteiger partial charge in [0.1, 0.15) is 0 Å². The minimum absolute atomic E-state index is 0.757. The van der Waals surface area contributed by atoms with Crippen molar-refractivity contribution in [2.45, 2.75) is 33.1 Å². The standard InChI is InChI=1S/C12H22N4/c1-9-12(10(2)15-14-9)16-7-3-4-11(8-16)5-6-13/h11H,3-8,13H2,1-2H3,(H,14,15). The molecule has 1 aromatic heterocycles. The van der Waals surface area contributed by atoms with Crippen molar-refractivity contribution in [3.63, 3.8) is 0 Å². The van der Waals surface area contributed by atoms with E-state index in [4.69, 9.17) is 5.73 Å². The molecule has 1 fully saturated rings. The van der Waals surface area contributed by atoms with Gasteiger partial charge in [0.15, 0.2) is 0 Å². The van der Waals surface area contributed by atoms with Crippen LogP contribution in [0.25, 0.3) is 0 Å². The third-order valence-corrected chi connectivity index (χ3v) is 3.50. The van der Waals surface area contributed by atoms with Crippen molar-refractivity contribution in [3.8, 4) is 0 Å². The number of anilines is 1. The van der Waals surface area contributed by atoms with Gasteiger partial charge in [0.25, 0.3) is 0 Å². The van der Waals surface area contributed by atoms with Gasteiger partial charge in [-0.05, 0) is 45.6 Å². The van der Waals surface area contributed by atoms with Gasteiger partial charge < -0.3 is 10.6 Å². The van der Waals surface area contributed by atoms with Gasteiger partial charge >= 0.3 is 0 Å². The Morgan fingerprint density at radius 1 is 1.50 bits per heavy atom. The molecule has 2 rings (SSSR count). The SMILES string of the molecule is Cc1n[nH]c(C)c1N1CCCC(CCN)C1. The molecule has 1 atom stereocenters. The van der Waals surface area contributed by atoms with Crippen LogP contribution in [0, 0.1) is 19.8 Å². The highest BCUT2D eigenvalue weighted by molar-refractivity contribution is 5.54. The Morgan fingerprint density at radius 3 is 2.94 bits per heavy atom. The number of nitrogens with zero attached hydrogens (tertiary/aromatic N) is 2. The normalized spacial score (nSPS) is 21.4. The number of H-pyrrole nitrogens is 1. The summed E-state index contributed by atoms with van der Waals surface area (Å²) in [5.74, 6) is 0.757. The molecule has 0 aromatic carbocycles. The van der Waals surface area contributed by atoms with Gasteiger partial charge in [-0.1, -0.05) is 0 Å². The van der Waals surface area contributed by atoms with Crippen LogP contribution in [0.4, 0.5) is 5.69 Å². The quantitative estimate of drug-likeness (QED) is 0.816. The van der Waals surface area contributed by atoms with E-state index in [2.05, 4.69) is 28.9 Å². The highest BCUT2D eigenvalue weighted by Crippen LogP contribution is 2.28. The summed E-state index contributed by atoms with van der Waals surface area (Å²) in [6, 6.07) is 0. The fourth-order valence-corrected chi connectivity index (χ4v) is 2.75. The number of piperidine rings is 1. The number of aryl methyl sites for hydroxylation is 2. The number of hydrogen-bond acceptors (Lipinski definition) is 3. The molecule has 1 saturated heterocycles. The van der Waals surface area contributed by atoms with E-state index in [1.807, 2.05) is 0 Å². The lowest BCUT2D eigenvalue weighted by atomic mass is 9.94. The van der Waals surface area contributed by atoms with E-state index in [1.165, 1.54) is 24.2 Å². The molecule has 2 heterocycles. The summed E-state index contributed by atoms with van der Waals surface area (Å²) in [4.78, 5) is 2.47. The Bertz CT molecular complexity index is 323. The monoisotopic (exact) mass is 222 g/mol. The maximum atomic E-state index is 5.65. The lowest BCUT2D eigenvalue weighted by molar-refractivity contribution is 0.395. The van der Waals surface area contributed by atoms with Crippen molar-refractivity contribution in [1.82, 2.24) is 10.2 Å². The summed E-state index contributed by atoms with van der Waals surface area (Å²) in [6.07, 6.45) is 3.74. The number of aromatic amines is 1. The zero-order valence-electron chi connectivity index (χ0n) is 10.3. The largest absolute Gasteiger partial charge is 0.368 e. The Kier molecular flexibility index (Phi) is 3.49. The first-order valence-corrected chi connectivity index (χ1v) is 6.19. The molecule has 1 aromatic rings. The van der Waals surface area contributed by atoms with Crippen molar-refractivity contribution in [3.05, 3.63) is 11.4 Å². The molecule has 0 aliphatic carbocycles. The third kappa shape index (κ3) is 2.21. The molecular formula is C12H22N4. The first-order valence-electron chi connectivity index (χ1n) is 6.19. The molecular weight excluding hydrogens is 200 g/mol. The van der Waals surface area contributed by atoms with Crippen molar-refractivity contribution in [2.24, 2.45) is 11.7 Å². The summed E-state index contributed by atoms with van der Waals surface area (Å²) in [5.41, 5.74) is 9.26. The molecule has 1 unspecified atom stereocenters. The van der Waals surface area contributed by atoms with E-state index < -0.39 is 0 Å². The van der Waals surface area contributed by atoms with Crippen LogP contribution in [0.2, 0.25) is 0 Å². The summed E-state index contributed by atoms with van der Waals surface area (Å²) in [5, 5.41) is 7.34. The molecule has 16 heavy (non-hydrogen) atoms. The van der Waals surface area contributed by atoms with Crippen LogP contribution in [0.15, 0.2) is 0 Å². The van der Waals surface area contributed by atoms with Gasteiger partial charge in [0.2, 0.25) is 0 Å². The van der Waals surface area contributed by atoms with Crippen LogP contribution in [0.1, 0.15) is 30.7 Å². The average Bonchev–Trinajstić information content (AvgIpc) is 2.59. The predicted molar refractivity (Wildman–Crippen MR) is 66.7 cm³/mol. The Morgan fingerprint density at radius 2 is 2.31 bits per heavy atom. The molecule has 1 aliphatic heterocycles. The van der Waals surface area contributed by atoms with Crippen molar-refractivity contribution >= 4 is 5.69 Å². The number of hydrogen-bond donors (Lipinski definition) is 2. The first kappa shape index (κ1) is 11.5. The summed E-state index contributed by atoms with van der Waals surface area (Å²) < 4.78 is 0. The summed E-state index contributed by atoms with van der Waals surface area (Å²) in [7, 11) is 0. The minimum atomic E-state index is 0.757. The molecule has 4 nitrogen and oxygen atoms in total. The maximum absolute atomic E-state index is 5.65. The number of nitrogens with two attached hydrogens (primary N) is 1. The van der Waals surface area contributed by atoms with Crippen molar-refractivity contribution in [1.29, 1.82) is 0 Å². The first-order chi connectivity index (χ1) is 7.72. The second kappa shape index (κ2) is 4.87. The highest BCUT2D eigenvalue weighted by atomic mass is 15.2. The molecule has 4 heteroatoms. The number of aromatic nitrogens is 2. The van der Waals surface area contributed by atoms with Crippen LogP contribution in [-0.2, 0) is 0 Å². The van der Waals surface area contributed by atoms with Gasteiger partial charge in [-0.3, -0.25) is 5.10 Å². The van der Waals surface area contributed by atoms with Gasteiger partial charge in [0.05, 0.1) is 17.1 Å². The minimum Gasteiger partial charge on any atom is -0.368 e. The van der Waals surface area contributed by atoms with Gasteiger partial charge in [-0.15, -0.1) is 0 Å². The summed E-state index contributed by atoms with van der Waals surface area (Å²) in [6.45, 7) is 7.27. The molecule has 1 aliphatic rings. The zero-order chi connectivity index (χ0) is 11.5. The second-order valence-corrected chi connectivity index (χ2v) is 4.81. The molecule has 3 N–H and O–H groups in total. The molecule has 90 valence electrons. The molecule has 0 bridgehead atoms. The van der Waals surface area contributed by atoms with E-state index in [1.54, 1.807) is 0 Å². The van der Waals surface area contributed by atoms with Crippen LogP contribution in [-0.4, -0.2) is 29.8 Å². The maximum Gasteiger partial charge on any atom is 0.0827 e. The van der Waals surface area contributed by atoms with Gasteiger partial charge in [-0.25, -0.2) is 0 Å². The third-order valence-electron chi connectivity index (χ3n) is 3.50. The average molecular weight is 222 g/mol. The smallest absolute Gasteiger partial charge is 0.0827 e. The molecule has 0 amide bonds. The van der Waals surface area contributed by atoms with Crippen LogP contribution < -0.4 is 10.6 Å². The van der Waals surface area contributed by atoms with E-state index in [9.17, 15) is 0 Å². The number of rotatable bonds is 3. The Labute approximate surface area is 97.2 Å². The molecule has 0 saturated carbocycles. The van der Waals surface area contributed by atoms with Crippen LogP contribution in [0.5, 0.6) is 0 Å². The summed E-state index contributed by atoms with van der Waals surface area (Å²) >= 11 is 0. The zero-order valence-corrected chi connectivity index (χ0v) is 10.3. The van der Waals surface area contributed by atoms with Gasteiger partial charge in [-0.2, -0.15) is 5.10 Å². The topological polar surface area (TPSA) is 57.9 Å². The van der Waals surface area contributed by atoms with E-state index in [0.29, 0.717) is 0 Å². The predicted octanol–water partition coefficient (Wildman–Crippen LogP) is 1.59. The fraction of sp³-hybridized carbons (Fsp3) is 0.750. The number of nitrogens with one attached hydrogen (secondary N) is 1. The van der Waals surface area contributed by atoms with E-state index in [0.717, 1.165) is 37.7 Å². The van der Waals surface area contributed by atoms with Crippen molar-refractivity contribution in [2.75, 3.05) is 24.5 Å². The van der Waals surface area contributed by atoms with Crippen LogP contribution >= 0.6 is 0 Å². The highest BCUT2D eigenvalue weighted by Gasteiger charge is 2.22. The molecule has 0 spiro atoms. The van der Waals surface area contributed by atoms with E-state index >= 15 is 0 Å². The second-order valence-electron chi connectivity index (χ2n) is 4.81.